The average molecular weight is 399 g/mol. The Morgan fingerprint density at radius 1 is 0.897 bits per heavy atom. The van der Waals surface area contributed by atoms with E-state index in [1.54, 1.807) is 27.7 Å². The van der Waals surface area contributed by atoms with Crippen molar-refractivity contribution in [2.45, 2.75) is 58.7 Å². The maximum Gasteiger partial charge on any atom is 0.408 e. The van der Waals surface area contributed by atoms with Crippen molar-refractivity contribution in [2.75, 3.05) is 0 Å². The second-order valence-electron chi connectivity index (χ2n) is 7.72. The van der Waals surface area contributed by atoms with Gasteiger partial charge in [-0.3, -0.25) is 0 Å². The van der Waals surface area contributed by atoms with Gasteiger partial charge in [-0.05, 0) is 38.8 Å². The van der Waals surface area contributed by atoms with Crippen LogP contribution in [0.25, 0.3) is 0 Å². The van der Waals surface area contributed by atoms with Crippen molar-refractivity contribution in [2.24, 2.45) is 0 Å². The number of nitrogens with one attached hydrogen (secondary N) is 1. The zero-order valence-corrected chi connectivity index (χ0v) is 17.4. The number of ether oxygens (including phenoxy) is 3. The number of alkyl carbamates (subject to hydrolysis) is 1. The van der Waals surface area contributed by atoms with Gasteiger partial charge in [0.2, 0.25) is 0 Å². The molecule has 0 saturated heterocycles. The minimum Gasteiger partial charge on any atom is -0.459 e. The highest BCUT2D eigenvalue weighted by Crippen LogP contribution is 2.12. The van der Waals surface area contributed by atoms with Crippen LogP contribution < -0.4 is 5.32 Å². The van der Waals surface area contributed by atoms with Crippen molar-refractivity contribution >= 4 is 12.1 Å². The standard InChI is InChI=1S/C23H29NO5/c1-17(27-15-18-11-7-5-8-12-18)20(24-22(26)29-23(2,3)4)21(25)28-16-19-13-9-6-10-14-19/h5-14,17,20H,15-16H2,1-4H3,(H,24,26)/t17?,20-/m0/s1. The highest BCUT2D eigenvalue weighted by atomic mass is 16.6. The van der Waals surface area contributed by atoms with Crippen molar-refractivity contribution in [1.29, 1.82) is 0 Å². The summed E-state index contributed by atoms with van der Waals surface area (Å²) in [4.78, 5) is 24.9. The summed E-state index contributed by atoms with van der Waals surface area (Å²) in [5.74, 6) is -0.583. The lowest BCUT2D eigenvalue weighted by Crippen LogP contribution is -2.50. The number of amides is 1. The van der Waals surface area contributed by atoms with Crippen LogP contribution in [0.4, 0.5) is 4.79 Å². The predicted octanol–water partition coefficient (Wildman–Crippen LogP) is 4.23. The highest BCUT2D eigenvalue weighted by molar-refractivity contribution is 5.82. The van der Waals surface area contributed by atoms with Gasteiger partial charge in [-0.1, -0.05) is 60.7 Å². The SMILES string of the molecule is CC(OCc1ccccc1)[C@H](NC(=O)OC(C)(C)C)C(=O)OCc1ccccc1. The van der Waals surface area contributed by atoms with Crippen LogP contribution in [-0.2, 0) is 32.2 Å². The molecule has 0 saturated carbocycles. The van der Waals surface area contributed by atoms with E-state index < -0.39 is 29.8 Å². The predicted molar refractivity (Wildman–Crippen MR) is 110 cm³/mol. The first-order valence-corrected chi connectivity index (χ1v) is 9.60. The summed E-state index contributed by atoms with van der Waals surface area (Å²) < 4.78 is 16.5. The third-order valence-electron chi connectivity index (χ3n) is 3.98. The van der Waals surface area contributed by atoms with Gasteiger partial charge in [0.05, 0.1) is 12.7 Å². The zero-order valence-electron chi connectivity index (χ0n) is 17.4. The number of carbonyl (C=O) groups excluding carboxylic acids is 2. The van der Waals surface area contributed by atoms with Crippen molar-refractivity contribution in [3.8, 4) is 0 Å². The fourth-order valence-electron chi connectivity index (χ4n) is 2.52. The number of carbonyl (C=O) groups is 2. The average Bonchev–Trinajstić information content (AvgIpc) is 2.68. The number of esters is 1. The number of rotatable bonds is 8. The first-order valence-electron chi connectivity index (χ1n) is 9.60. The zero-order chi connectivity index (χ0) is 21.3. The molecule has 0 aliphatic rings. The second kappa shape index (κ2) is 10.6. The molecule has 0 aromatic heterocycles. The Morgan fingerprint density at radius 2 is 1.41 bits per heavy atom. The first-order chi connectivity index (χ1) is 13.7. The minimum atomic E-state index is -1.00. The maximum atomic E-state index is 12.7. The minimum absolute atomic E-state index is 0.109. The topological polar surface area (TPSA) is 73.9 Å². The molecular formula is C23H29NO5. The number of hydrogen-bond donors (Lipinski definition) is 1. The molecule has 2 atom stereocenters. The summed E-state index contributed by atoms with van der Waals surface area (Å²) >= 11 is 0. The smallest absolute Gasteiger partial charge is 0.408 e. The first kappa shape index (κ1) is 22.4. The summed E-state index contributed by atoms with van der Waals surface area (Å²) in [5.41, 5.74) is 1.14. The molecule has 1 amide bonds. The molecule has 6 nitrogen and oxygen atoms in total. The van der Waals surface area contributed by atoms with Gasteiger partial charge in [-0.15, -0.1) is 0 Å². The summed E-state index contributed by atoms with van der Waals surface area (Å²) in [5, 5.41) is 2.58. The molecule has 0 radical (unpaired) electrons. The molecule has 1 N–H and O–H groups in total. The van der Waals surface area contributed by atoms with Gasteiger partial charge in [0.25, 0.3) is 0 Å². The monoisotopic (exact) mass is 399 g/mol. The molecule has 2 aromatic carbocycles. The van der Waals surface area contributed by atoms with Crippen molar-refractivity contribution < 1.29 is 23.8 Å². The van der Waals surface area contributed by atoms with E-state index >= 15 is 0 Å². The summed E-state index contributed by atoms with van der Waals surface area (Å²) in [6, 6.07) is 17.9. The Hall–Kier alpha value is -2.86. The lowest BCUT2D eigenvalue weighted by molar-refractivity contribution is -0.151. The Kier molecular flexibility index (Phi) is 8.21. The molecule has 0 aliphatic carbocycles. The van der Waals surface area contributed by atoms with E-state index in [0.717, 1.165) is 11.1 Å². The molecule has 0 spiro atoms. The van der Waals surface area contributed by atoms with Gasteiger partial charge in [0.15, 0.2) is 6.04 Å². The van der Waals surface area contributed by atoms with E-state index in [1.807, 2.05) is 60.7 Å². The molecule has 156 valence electrons. The normalized spacial score (nSPS) is 13.2. The van der Waals surface area contributed by atoms with Crippen LogP contribution in [0.1, 0.15) is 38.8 Å². The summed E-state index contributed by atoms with van der Waals surface area (Å²) in [7, 11) is 0. The van der Waals surface area contributed by atoms with E-state index in [-0.39, 0.29) is 6.61 Å². The number of hydrogen-bond acceptors (Lipinski definition) is 5. The van der Waals surface area contributed by atoms with E-state index in [1.165, 1.54) is 0 Å². The third-order valence-corrected chi connectivity index (χ3v) is 3.98. The number of benzene rings is 2. The quantitative estimate of drug-likeness (QED) is 0.673. The summed E-state index contributed by atoms with van der Waals surface area (Å²) in [6.07, 6.45) is -1.32. The molecule has 0 aliphatic heterocycles. The second-order valence-corrected chi connectivity index (χ2v) is 7.72. The van der Waals surface area contributed by atoms with E-state index in [9.17, 15) is 9.59 Å². The molecule has 2 rings (SSSR count). The van der Waals surface area contributed by atoms with E-state index in [2.05, 4.69) is 5.32 Å². The van der Waals surface area contributed by atoms with Gasteiger partial charge >= 0.3 is 12.1 Å². The fraction of sp³-hybridized carbons (Fsp3) is 0.391. The molecule has 29 heavy (non-hydrogen) atoms. The van der Waals surface area contributed by atoms with E-state index in [4.69, 9.17) is 14.2 Å². The fourth-order valence-corrected chi connectivity index (χ4v) is 2.52. The molecule has 2 aromatic rings. The Labute approximate surface area is 172 Å². The van der Waals surface area contributed by atoms with Crippen LogP contribution in [0.3, 0.4) is 0 Å². The van der Waals surface area contributed by atoms with Crippen LogP contribution in [0.2, 0.25) is 0 Å². The maximum absolute atomic E-state index is 12.7. The Bertz CT molecular complexity index is 771. The molecule has 1 unspecified atom stereocenters. The largest absolute Gasteiger partial charge is 0.459 e. The summed E-state index contributed by atoms with van der Waals surface area (Å²) in [6.45, 7) is 7.40. The third kappa shape index (κ3) is 8.35. The Morgan fingerprint density at radius 3 is 1.93 bits per heavy atom. The molecule has 6 heteroatoms. The molecular weight excluding hydrogens is 370 g/mol. The van der Waals surface area contributed by atoms with Gasteiger partial charge in [-0.25, -0.2) is 9.59 Å². The molecule has 0 heterocycles. The van der Waals surface area contributed by atoms with Gasteiger partial charge in [0, 0.05) is 0 Å². The molecule has 0 fully saturated rings. The van der Waals surface area contributed by atoms with Gasteiger partial charge in [-0.2, -0.15) is 0 Å². The van der Waals surface area contributed by atoms with Gasteiger partial charge in [0.1, 0.15) is 12.2 Å². The van der Waals surface area contributed by atoms with Gasteiger partial charge < -0.3 is 19.5 Å². The van der Waals surface area contributed by atoms with Crippen molar-refractivity contribution in [3.05, 3.63) is 71.8 Å². The van der Waals surface area contributed by atoms with Crippen LogP contribution >= 0.6 is 0 Å². The van der Waals surface area contributed by atoms with Crippen LogP contribution in [-0.4, -0.2) is 29.8 Å². The van der Waals surface area contributed by atoms with Crippen LogP contribution in [0, 0.1) is 0 Å². The highest BCUT2D eigenvalue weighted by Gasteiger charge is 2.31. The van der Waals surface area contributed by atoms with Crippen LogP contribution in [0.15, 0.2) is 60.7 Å². The lowest BCUT2D eigenvalue weighted by Gasteiger charge is -2.26. The van der Waals surface area contributed by atoms with E-state index in [0.29, 0.717) is 6.61 Å². The lowest BCUT2D eigenvalue weighted by atomic mass is 10.1. The Balaban J connectivity index is 2.02. The van der Waals surface area contributed by atoms with Crippen molar-refractivity contribution in [1.82, 2.24) is 5.32 Å². The molecule has 0 bridgehead atoms. The van der Waals surface area contributed by atoms with Crippen LogP contribution in [0.5, 0.6) is 0 Å². The van der Waals surface area contributed by atoms with Crippen molar-refractivity contribution in [3.63, 3.8) is 0 Å².